The van der Waals surface area contributed by atoms with Crippen LogP contribution in [0.3, 0.4) is 0 Å². The Morgan fingerprint density at radius 1 is 0.397 bits per heavy atom. The first-order valence-corrected chi connectivity index (χ1v) is 17.9. The zero-order chi connectivity index (χ0) is 42.5. The lowest BCUT2D eigenvalue weighted by Gasteiger charge is -2.14. The first kappa shape index (κ1) is 49.1. The summed E-state index contributed by atoms with van der Waals surface area (Å²) in [6.45, 7) is 7.23. The average Bonchev–Trinajstić information content (AvgIpc) is 3.15. The van der Waals surface area contributed by atoms with Crippen LogP contribution >= 0.6 is 0 Å². The highest BCUT2D eigenvalue weighted by Gasteiger charge is 2.21. The number of nitrogen functional groups attached to an aromatic ring is 2. The highest BCUT2D eigenvalue weighted by molar-refractivity contribution is 6.50. The zero-order valence-corrected chi connectivity index (χ0v) is 31.6. The zero-order valence-electron chi connectivity index (χ0n) is 31.6. The largest absolute Gasteiger partial charge is 0.673 e. The van der Waals surface area contributed by atoms with E-state index in [1.165, 1.54) is 0 Å². The Bertz CT molecular complexity index is 1490. The maximum atomic E-state index is 9.75. The number of ether oxygens (including phenoxy) is 8. The molecule has 12 nitrogen and oxygen atoms in total. The van der Waals surface area contributed by atoms with Gasteiger partial charge in [-0.2, -0.15) is 9.13 Å². The highest BCUT2D eigenvalue weighted by Crippen LogP contribution is 2.27. The number of halogens is 8. The summed E-state index contributed by atoms with van der Waals surface area (Å²) in [6, 6.07) is 22.8. The molecule has 4 N–H and O–H groups in total. The molecule has 0 bridgehead atoms. The Hall–Kier alpha value is -5.05. The molecule has 1 aliphatic rings. The second-order valence-corrected chi connectivity index (χ2v) is 11.5. The van der Waals surface area contributed by atoms with Crippen LogP contribution in [-0.4, -0.2) is 93.8 Å². The molecule has 0 spiro atoms. The Morgan fingerprint density at radius 2 is 0.638 bits per heavy atom. The number of rotatable bonds is 3. The van der Waals surface area contributed by atoms with Crippen molar-refractivity contribution >= 4 is 25.9 Å². The van der Waals surface area contributed by atoms with Gasteiger partial charge in [-0.1, -0.05) is 24.3 Å². The number of benzene rings is 2. The molecule has 3 heterocycles. The van der Waals surface area contributed by atoms with Gasteiger partial charge in [-0.3, -0.25) is 0 Å². The third kappa shape index (κ3) is 27.5. The van der Waals surface area contributed by atoms with Crippen molar-refractivity contribution in [1.82, 2.24) is 0 Å². The summed E-state index contributed by atoms with van der Waals surface area (Å²) in [7, 11) is -12.0. The van der Waals surface area contributed by atoms with E-state index in [4.69, 9.17) is 49.4 Å². The maximum Gasteiger partial charge on any atom is 0.673 e. The summed E-state index contributed by atoms with van der Waals surface area (Å²) >= 11 is 0. The molecule has 2 aromatic carbocycles. The lowest BCUT2D eigenvalue weighted by Crippen LogP contribution is -2.44. The van der Waals surface area contributed by atoms with Crippen LogP contribution in [0.4, 0.5) is 45.9 Å². The van der Waals surface area contributed by atoms with E-state index in [1.807, 2.05) is 97.6 Å². The minimum Gasteiger partial charge on any atom is -0.487 e. The first-order chi connectivity index (χ1) is 27.7. The number of aryl methyl sites for hydroxylation is 2. The van der Waals surface area contributed by atoms with Crippen molar-refractivity contribution in [1.29, 1.82) is 0 Å². The van der Waals surface area contributed by atoms with Crippen LogP contribution in [0.25, 0.3) is 0 Å². The third-order valence-electron chi connectivity index (χ3n) is 6.76. The molecule has 58 heavy (non-hydrogen) atoms. The summed E-state index contributed by atoms with van der Waals surface area (Å²) in [6.07, 6.45) is 7.85. The lowest BCUT2D eigenvalue weighted by molar-refractivity contribution is -0.777. The quantitative estimate of drug-likeness (QED) is 0.150. The van der Waals surface area contributed by atoms with E-state index in [0.29, 0.717) is 102 Å². The van der Waals surface area contributed by atoms with Crippen LogP contribution in [0.2, 0.25) is 0 Å². The van der Waals surface area contributed by atoms with Crippen LogP contribution in [-0.2, 0) is 32.0 Å². The van der Waals surface area contributed by atoms with E-state index in [2.05, 4.69) is 9.13 Å². The van der Waals surface area contributed by atoms with Crippen molar-refractivity contribution in [2.75, 3.05) is 90.7 Å². The van der Waals surface area contributed by atoms with E-state index in [-0.39, 0.29) is 0 Å². The van der Waals surface area contributed by atoms with Crippen LogP contribution < -0.4 is 39.5 Å². The normalized spacial score (nSPS) is 15.0. The molecule has 322 valence electrons. The second-order valence-electron chi connectivity index (χ2n) is 11.5. The van der Waals surface area contributed by atoms with Crippen molar-refractivity contribution in [3.8, 4) is 23.0 Å². The fraction of sp³-hybridized carbons (Fsp3) is 0.389. The van der Waals surface area contributed by atoms with Gasteiger partial charge in [-0.15, -0.1) is 0 Å². The Kier molecular flexibility index (Phi) is 24.0. The van der Waals surface area contributed by atoms with Crippen molar-refractivity contribution in [2.24, 2.45) is 0 Å². The van der Waals surface area contributed by atoms with Gasteiger partial charge < -0.3 is 83.9 Å². The molecule has 0 unspecified atom stereocenters. The van der Waals surface area contributed by atoms with E-state index in [9.17, 15) is 34.5 Å². The third-order valence-corrected chi connectivity index (χ3v) is 6.76. The van der Waals surface area contributed by atoms with Crippen LogP contribution in [0, 0.1) is 0 Å². The van der Waals surface area contributed by atoms with Crippen molar-refractivity contribution < 1.29 is 81.6 Å². The number of fused-ring (bicyclic) bond motifs is 2. The molecule has 0 amide bonds. The van der Waals surface area contributed by atoms with Crippen molar-refractivity contribution in [3.63, 3.8) is 0 Å². The topological polar surface area (TPSA) is 134 Å². The predicted molar refractivity (Wildman–Crippen MR) is 201 cm³/mol. The molecule has 0 radical (unpaired) electrons. The second kappa shape index (κ2) is 28.4. The molecular formula is C36H48B2F8N4O8. The number of pyridine rings is 2. The summed E-state index contributed by atoms with van der Waals surface area (Å²) < 4.78 is 127. The van der Waals surface area contributed by atoms with Crippen LogP contribution in [0.5, 0.6) is 23.0 Å². The van der Waals surface area contributed by atoms with Gasteiger partial charge in [0.15, 0.2) is 47.8 Å². The van der Waals surface area contributed by atoms with Gasteiger partial charge >= 0.3 is 14.5 Å². The van der Waals surface area contributed by atoms with Gasteiger partial charge in [0, 0.05) is 12.1 Å². The highest BCUT2D eigenvalue weighted by atomic mass is 19.5. The van der Waals surface area contributed by atoms with Gasteiger partial charge in [0.25, 0.3) is 0 Å². The van der Waals surface area contributed by atoms with Crippen LogP contribution in [0.1, 0.15) is 0 Å². The minimum atomic E-state index is -6.00. The fourth-order valence-corrected chi connectivity index (χ4v) is 4.46. The molecule has 22 heteroatoms. The van der Waals surface area contributed by atoms with Gasteiger partial charge in [0.1, 0.15) is 26.4 Å². The summed E-state index contributed by atoms with van der Waals surface area (Å²) in [5, 5.41) is 0. The number of nitrogens with zero attached hydrogens (tertiary/aromatic N) is 2. The molecule has 2 aromatic heterocycles. The monoisotopic (exact) mass is 838 g/mol. The Balaban J connectivity index is 0.000000366. The smallest absolute Gasteiger partial charge is 0.487 e. The van der Waals surface area contributed by atoms with Gasteiger partial charge in [0.2, 0.25) is 13.1 Å². The number of para-hydroxylation sites is 4. The minimum absolute atomic E-state index is 0.425. The summed E-state index contributed by atoms with van der Waals surface area (Å²) in [5.74, 6) is 2.73. The fourth-order valence-electron chi connectivity index (χ4n) is 4.46. The maximum absolute atomic E-state index is 9.75. The molecule has 4 aromatic rings. The lowest BCUT2D eigenvalue weighted by atomic mass is 10.3. The number of nitrogens with two attached hydrogens (primary N) is 2. The van der Waals surface area contributed by atoms with Gasteiger partial charge in [-0.25, -0.2) is 0 Å². The molecule has 5 rings (SSSR count). The predicted octanol–water partition coefficient (Wildman–Crippen LogP) is 5.71. The van der Waals surface area contributed by atoms with E-state index in [0.717, 1.165) is 24.5 Å². The number of hydrogen-bond donors (Lipinski definition) is 2. The Labute approximate surface area is 331 Å². The first-order valence-electron chi connectivity index (χ1n) is 17.9. The van der Waals surface area contributed by atoms with E-state index < -0.39 is 14.5 Å². The molecule has 0 atom stereocenters. The SMILES string of the molecule is F[B-](F)(F)F.F[B-](F)(F)F.Nc1ccc[n+](CC[n+]2cccc(N)c2)c1.c1ccc2c(c1)OCCOCCOCCOc1ccccc1OCCOCCOCCO2. The molecule has 0 saturated heterocycles. The standard InChI is InChI=1S/C24H32O8.C12H16N4.2BF4/c1-2-6-22-21(5-1)29-17-13-25-9-10-27-15-19-31-23-7-3-4-8-24(23)32-20-16-28-12-11-26-14-18-30-22;13-11-3-1-5-15(9-11)7-8-16-6-2-4-12(14)10-16;2*2-1(3,4)5/h1-8H,9-20H2;1-6,9-10H,7-8,13-14H2;;/q;+2;2*-1. The Morgan fingerprint density at radius 3 is 0.879 bits per heavy atom. The van der Waals surface area contributed by atoms with E-state index in [1.54, 1.807) is 0 Å². The van der Waals surface area contributed by atoms with Crippen molar-refractivity contribution in [2.45, 2.75) is 13.1 Å². The average molecular weight is 838 g/mol. The number of anilines is 2. The number of hydrogen-bond acceptors (Lipinski definition) is 10. The molecule has 0 saturated carbocycles. The van der Waals surface area contributed by atoms with Gasteiger partial charge in [0.05, 0.1) is 64.2 Å². The van der Waals surface area contributed by atoms with Gasteiger partial charge in [-0.05, 0) is 36.4 Å². The van der Waals surface area contributed by atoms with E-state index >= 15 is 0 Å². The molecule has 0 fully saturated rings. The summed E-state index contributed by atoms with van der Waals surface area (Å²) in [5.41, 5.74) is 13.0. The number of aromatic nitrogens is 2. The van der Waals surface area contributed by atoms with Crippen LogP contribution in [0.15, 0.2) is 97.6 Å². The van der Waals surface area contributed by atoms with Crippen molar-refractivity contribution in [3.05, 3.63) is 97.6 Å². The molecule has 1 aliphatic heterocycles. The molecular weight excluding hydrogens is 790 g/mol. The molecule has 0 aliphatic carbocycles. The summed E-state index contributed by atoms with van der Waals surface area (Å²) in [4.78, 5) is 0.